The molecule has 0 aliphatic rings. The van der Waals surface area contributed by atoms with Gasteiger partial charge in [0.25, 0.3) is 5.91 Å². The van der Waals surface area contributed by atoms with Crippen molar-refractivity contribution in [3.05, 3.63) is 60.6 Å². The van der Waals surface area contributed by atoms with Crippen molar-refractivity contribution in [1.82, 2.24) is 9.97 Å². The highest BCUT2D eigenvalue weighted by atomic mass is 16.1. The highest BCUT2D eigenvalue weighted by Crippen LogP contribution is 2.22. The number of carbonyl (C=O) groups excluding carboxylic acids is 1. The number of anilines is 2. The molecule has 104 valence electrons. The highest BCUT2D eigenvalue weighted by Gasteiger charge is 2.11. The van der Waals surface area contributed by atoms with Gasteiger partial charge in [-0.1, -0.05) is 24.3 Å². The first-order valence-corrected chi connectivity index (χ1v) is 6.36. The molecule has 0 saturated heterocycles. The van der Waals surface area contributed by atoms with Crippen molar-refractivity contribution in [3.8, 4) is 0 Å². The van der Waals surface area contributed by atoms with Crippen molar-refractivity contribution in [2.75, 3.05) is 10.7 Å². The monoisotopic (exact) mass is 279 g/mol. The first-order valence-electron chi connectivity index (χ1n) is 6.36. The number of fused-ring (bicyclic) bond motifs is 1. The lowest BCUT2D eigenvalue weighted by Crippen LogP contribution is -2.16. The zero-order valence-electron chi connectivity index (χ0n) is 11.1. The first-order chi connectivity index (χ1) is 10.3. The number of nitrogens with zero attached hydrogens (tertiary/aromatic N) is 2. The molecule has 0 aliphatic heterocycles. The Morgan fingerprint density at radius 1 is 1.10 bits per heavy atom. The fourth-order valence-corrected chi connectivity index (χ4v) is 2.06. The van der Waals surface area contributed by atoms with Crippen LogP contribution in [0, 0.1) is 0 Å². The summed E-state index contributed by atoms with van der Waals surface area (Å²) >= 11 is 0. The Balaban J connectivity index is 1.98. The second kappa shape index (κ2) is 5.56. The summed E-state index contributed by atoms with van der Waals surface area (Å²) in [6.07, 6.45) is 3.21. The summed E-state index contributed by atoms with van der Waals surface area (Å²) < 4.78 is 0. The van der Waals surface area contributed by atoms with Gasteiger partial charge in [-0.3, -0.25) is 9.78 Å². The van der Waals surface area contributed by atoms with Crippen LogP contribution in [0.5, 0.6) is 0 Å². The van der Waals surface area contributed by atoms with Crippen LogP contribution in [0.3, 0.4) is 0 Å². The molecule has 0 fully saturated rings. The van der Waals surface area contributed by atoms with Gasteiger partial charge in [0, 0.05) is 23.5 Å². The Morgan fingerprint density at radius 2 is 1.86 bits per heavy atom. The number of nitrogens with one attached hydrogen (secondary N) is 2. The molecule has 0 spiro atoms. The lowest BCUT2D eigenvalue weighted by molar-refractivity contribution is 0.102. The number of rotatable bonds is 3. The van der Waals surface area contributed by atoms with Crippen LogP contribution in [0.15, 0.2) is 54.9 Å². The molecule has 6 heteroatoms. The molecule has 3 rings (SSSR count). The van der Waals surface area contributed by atoms with Gasteiger partial charge in [-0.15, -0.1) is 0 Å². The van der Waals surface area contributed by atoms with Crippen LogP contribution in [0.25, 0.3) is 10.8 Å². The Bertz CT molecular complexity index is 788. The van der Waals surface area contributed by atoms with Crippen molar-refractivity contribution < 1.29 is 4.79 Å². The van der Waals surface area contributed by atoms with Crippen LogP contribution < -0.4 is 16.6 Å². The van der Waals surface area contributed by atoms with Crippen molar-refractivity contribution in [1.29, 1.82) is 0 Å². The summed E-state index contributed by atoms with van der Waals surface area (Å²) in [5.41, 5.74) is 3.48. The fourth-order valence-electron chi connectivity index (χ4n) is 2.06. The molecule has 0 bridgehead atoms. The van der Waals surface area contributed by atoms with Gasteiger partial charge < -0.3 is 10.7 Å². The van der Waals surface area contributed by atoms with Crippen LogP contribution in [-0.4, -0.2) is 15.9 Å². The molecule has 0 atom stereocenters. The van der Waals surface area contributed by atoms with E-state index in [0.717, 1.165) is 10.8 Å². The van der Waals surface area contributed by atoms with E-state index >= 15 is 0 Å². The Labute approximate surface area is 121 Å². The number of aromatic nitrogens is 2. The van der Waals surface area contributed by atoms with E-state index in [2.05, 4.69) is 20.7 Å². The summed E-state index contributed by atoms with van der Waals surface area (Å²) in [6, 6.07) is 12.7. The van der Waals surface area contributed by atoms with Gasteiger partial charge >= 0.3 is 0 Å². The quantitative estimate of drug-likeness (QED) is 0.504. The number of carbonyl (C=O) groups is 1. The third kappa shape index (κ3) is 2.65. The lowest BCUT2D eigenvalue weighted by Gasteiger charge is -2.09. The molecule has 2 aromatic heterocycles. The summed E-state index contributed by atoms with van der Waals surface area (Å²) in [4.78, 5) is 20.4. The molecule has 0 saturated carbocycles. The van der Waals surface area contributed by atoms with Crippen molar-refractivity contribution in [3.63, 3.8) is 0 Å². The molecule has 2 heterocycles. The van der Waals surface area contributed by atoms with Crippen LogP contribution in [0.4, 0.5) is 11.5 Å². The molecule has 0 unspecified atom stereocenters. The van der Waals surface area contributed by atoms with Crippen molar-refractivity contribution in [2.45, 2.75) is 0 Å². The largest absolute Gasteiger partial charge is 0.321 e. The van der Waals surface area contributed by atoms with Crippen LogP contribution in [-0.2, 0) is 0 Å². The minimum absolute atomic E-state index is 0.290. The van der Waals surface area contributed by atoms with Gasteiger partial charge in [0.1, 0.15) is 11.5 Å². The van der Waals surface area contributed by atoms with Gasteiger partial charge in [0.15, 0.2) is 0 Å². The van der Waals surface area contributed by atoms with Crippen molar-refractivity contribution >= 4 is 28.2 Å². The second-order valence-corrected chi connectivity index (χ2v) is 4.41. The topological polar surface area (TPSA) is 92.9 Å². The van der Waals surface area contributed by atoms with E-state index < -0.39 is 0 Å². The van der Waals surface area contributed by atoms with Crippen LogP contribution >= 0.6 is 0 Å². The number of benzene rings is 1. The van der Waals surface area contributed by atoms with Gasteiger partial charge in [-0.05, 0) is 23.6 Å². The number of pyridine rings is 2. The zero-order chi connectivity index (χ0) is 14.7. The van der Waals surface area contributed by atoms with Gasteiger partial charge in [-0.2, -0.15) is 0 Å². The van der Waals surface area contributed by atoms with E-state index in [-0.39, 0.29) is 5.91 Å². The second-order valence-electron chi connectivity index (χ2n) is 4.41. The number of amides is 1. The molecule has 21 heavy (non-hydrogen) atoms. The Kier molecular flexibility index (Phi) is 3.44. The smallest absolute Gasteiger partial charge is 0.274 e. The number of nitrogen functional groups attached to an aromatic ring is 1. The van der Waals surface area contributed by atoms with E-state index in [9.17, 15) is 4.79 Å². The maximum absolute atomic E-state index is 12.3. The summed E-state index contributed by atoms with van der Waals surface area (Å²) in [6.45, 7) is 0. The lowest BCUT2D eigenvalue weighted by atomic mass is 10.1. The van der Waals surface area contributed by atoms with Gasteiger partial charge in [0.05, 0.1) is 0 Å². The minimum Gasteiger partial charge on any atom is -0.321 e. The van der Waals surface area contributed by atoms with Crippen molar-refractivity contribution in [2.24, 2.45) is 5.84 Å². The zero-order valence-corrected chi connectivity index (χ0v) is 11.1. The third-order valence-electron chi connectivity index (χ3n) is 3.05. The minimum atomic E-state index is -0.302. The SMILES string of the molecule is NNc1nc(C(=O)Nc2ccncc2)cc2ccccc12. The number of nitrogens with two attached hydrogens (primary N) is 1. The predicted molar refractivity (Wildman–Crippen MR) is 81.7 cm³/mol. The van der Waals surface area contributed by atoms with Gasteiger partial charge in [-0.25, -0.2) is 10.8 Å². The third-order valence-corrected chi connectivity index (χ3v) is 3.05. The molecule has 0 radical (unpaired) electrons. The standard InChI is InChI=1S/C15H13N5O/c16-20-14-12-4-2-1-3-10(12)9-13(19-14)15(21)18-11-5-7-17-8-6-11/h1-9H,16H2,(H,19,20)(H,17,18,21). The van der Waals surface area contributed by atoms with Crippen LogP contribution in [0.2, 0.25) is 0 Å². The molecule has 6 nitrogen and oxygen atoms in total. The molecule has 1 amide bonds. The van der Waals surface area contributed by atoms with Gasteiger partial charge in [0.2, 0.25) is 0 Å². The molecule has 4 N–H and O–H groups in total. The maximum Gasteiger partial charge on any atom is 0.274 e. The highest BCUT2D eigenvalue weighted by molar-refractivity contribution is 6.06. The van der Waals surface area contributed by atoms with E-state index in [0.29, 0.717) is 17.2 Å². The van der Waals surface area contributed by atoms with E-state index in [1.165, 1.54) is 0 Å². The number of hydrogen-bond acceptors (Lipinski definition) is 5. The fraction of sp³-hybridized carbons (Fsp3) is 0. The van der Waals surface area contributed by atoms with E-state index in [1.807, 2.05) is 24.3 Å². The summed E-state index contributed by atoms with van der Waals surface area (Å²) in [5, 5.41) is 4.51. The van der Waals surface area contributed by atoms with Crippen LogP contribution in [0.1, 0.15) is 10.5 Å². The predicted octanol–water partition coefficient (Wildman–Crippen LogP) is 2.17. The molecule has 0 aliphatic carbocycles. The Morgan fingerprint density at radius 3 is 2.62 bits per heavy atom. The summed E-state index contributed by atoms with van der Waals surface area (Å²) in [5.74, 6) is 5.65. The first kappa shape index (κ1) is 13.0. The van der Waals surface area contributed by atoms with E-state index in [4.69, 9.17) is 5.84 Å². The Hall–Kier alpha value is -2.99. The van der Waals surface area contributed by atoms with E-state index in [1.54, 1.807) is 30.6 Å². The molecular formula is C15H13N5O. The average molecular weight is 279 g/mol. The summed E-state index contributed by atoms with van der Waals surface area (Å²) in [7, 11) is 0. The number of hydrogen-bond donors (Lipinski definition) is 3. The molecule has 1 aromatic carbocycles. The number of hydrazine groups is 1. The average Bonchev–Trinajstić information content (AvgIpc) is 2.54. The normalized spacial score (nSPS) is 10.3. The maximum atomic E-state index is 12.3. The molecular weight excluding hydrogens is 266 g/mol. The molecule has 3 aromatic rings.